The van der Waals surface area contributed by atoms with Crippen molar-refractivity contribution in [1.29, 1.82) is 0 Å². The first kappa shape index (κ1) is 29.6. The zero-order valence-electron chi connectivity index (χ0n) is 22.8. The molecule has 0 fully saturated rings. The highest BCUT2D eigenvalue weighted by Crippen LogP contribution is 2.34. The molecule has 35 heavy (non-hydrogen) atoms. The lowest BCUT2D eigenvalue weighted by Gasteiger charge is -2.39. The van der Waals surface area contributed by atoms with Crippen LogP contribution in [0.5, 0.6) is 0 Å². The summed E-state index contributed by atoms with van der Waals surface area (Å²) in [6, 6.07) is 8.62. The zero-order valence-corrected chi connectivity index (χ0v) is 22.8. The van der Waals surface area contributed by atoms with E-state index in [0.717, 1.165) is 25.7 Å². The Bertz CT molecular complexity index is 709. The van der Waals surface area contributed by atoms with Gasteiger partial charge in [-0.25, -0.2) is 0 Å². The Balaban J connectivity index is 1.82. The molecule has 198 valence electrons. The zero-order chi connectivity index (χ0) is 25.2. The molecule has 1 aromatic carbocycles. The number of allylic oxidation sites excluding steroid dienone is 2. The molecule has 1 aromatic rings. The summed E-state index contributed by atoms with van der Waals surface area (Å²) in [6.07, 6.45) is 20.2. The maximum absolute atomic E-state index is 6.14. The van der Waals surface area contributed by atoms with E-state index in [2.05, 4.69) is 49.4 Å². The third-order valence-corrected chi connectivity index (χ3v) is 6.74. The highest BCUT2D eigenvalue weighted by molar-refractivity contribution is 5.62. The molecule has 2 rings (SSSR count). The van der Waals surface area contributed by atoms with Gasteiger partial charge in [-0.1, -0.05) is 81.9 Å². The van der Waals surface area contributed by atoms with E-state index in [1.165, 1.54) is 49.7 Å². The van der Waals surface area contributed by atoms with Gasteiger partial charge in [0.15, 0.2) is 0 Å². The third kappa shape index (κ3) is 10.1. The van der Waals surface area contributed by atoms with Crippen molar-refractivity contribution in [2.75, 3.05) is 26.4 Å². The van der Waals surface area contributed by atoms with Crippen molar-refractivity contribution in [3.8, 4) is 0 Å². The average molecular weight is 487 g/mol. The van der Waals surface area contributed by atoms with E-state index >= 15 is 0 Å². The van der Waals surface area contributed by atoms with E-state index in [-0.39, 0.29) is 5.92 Å². The van der Waals surface area contributed by atoms with Crippen molar-refractivity contribution >= 4 is 6.08 Å². The molecular formula is C31H50O4. The summed E-state index contributed by atoms with van der Waals surface area (Å²) in [4.78, 5) is 0. The van der Waals surface area contributed by atoms with E-state index in [9.17, 15) is 0 Å². The Morgan fingerprint density at radius 1 is 0.829 bits per heavy atom. The SMILES string of the molecule is CCCCCCCCC(CCCOC=CCC1C=Cc2ccccc21)C(OCC)(OCC)OCC. The fourth-order valence-corrected chi connectivity index (χ4v) is 5.03. The smallest absolute Gasteiger partial charge is 0.285 e. The third-order valence-electron chi connectivity index (χ3n) is 6.74. The van der Waals surface area contributed by atoms with Gasteiger partial charge in [0.25, 0.3) is 5.97 Å². The van der Waals surface area contributed by atoms with Crippen LogP contribution in [0.2, 0.25) is 0 Å². The van der Waals surface area contributed by atoms with E-state index in [4.69, 9.17) is 18.9 Å². The lowest BCUT2D eigenvalue weighted by atomic mass is 9.93. The highest BCUT2D eigenvalue weighted by Gasteiger charge is 2.41. The maximum Gasteiger partial charge on any atom is 0.285 e. The van der Waals surface area contributed by atoms with Crippen LogP contribution in [0, 0.1) is 5.92 Å². The molecule has 0 heterocycles. The predicted octanol–water partition coefficient (Wildman–Crippen LogP) is 8.63. The molecule has 0 bridgehead atoms. The molecule has 0 aromatic heterocycles. The molecule has 0 radical (unpaired) electrons. The summed E-state index contributed by atoms with van der Waals surface area (Å²) >= 11 is 0. The first-order valence-electron chi connectivity index (χ1n) is 14.2. The number of benzene rings is 1. The van der Waals surface area contributed by atoms with E-state index in [1.807, 2.05) is 27.0 Å². The Morgan fingerprint density at radius 3 is 2.20 bits per heavy atom. The van der Waals surface area contributed by atoms with Gasteiger partial charge in [-0.3, -0.25) is 0 Å². The summed E-state index contributed by atoms with van der Waals surface area (Å²) < 4.78 is 24.3. The molecule has 1 aliphatic rings. The van der Waals surface area contributed by atoms with Crippen LogP contribution in [0.4, 0.5) is 0 Å². The summed E-state index contributed by atoms with van der Waals surface area (Å²) in [5, 5.41) is 0. The van der Waals surface area contributed by atoms with Gasteiger partial charge in [-0.15, -0.1) is 0 Å². The minimum atomic E-state index is -0.945. The van der Waals surface area contributed by atoms with Gasteiger partial charge in [0.2, 0.25) is 0 Å². The molecule has 2 unspecified atom stereocenters. The maximum atomic E-state index is 6.14. The van der Waals surface area contributed by atoms with Crippen molar-refractivity contribution in [2.24, 2.45) is 5.92 Å². The molecule has 0 saturated heterocycles. The second-order valence-corrected chi connectivity index (χ2v) is 9.37. The van der Waals surface area contributed by atoms with Gasteiger partial charge in [-0.2, -0.15) is 0 Å². The van der Waals surface area contributed by atoms with Gasteiger partial charge in [0.1, 0.15) is 0 Å². The van der Waals surface area contributed by atoms with E-state index in [0.29, 0.717) is 32.3 Å². The predicted molar refractivity (Wildman–Crippen MR) is 146 cm³/mol. The fourth-order valence-electron chi connectivity index (χ4n) is 5.03. The molecule has 4 heteroatoms. The molecule has 1 aliphatic carbocycles. The summed E-state index contributed by atoms with van der Waals surface area (Å²) in [7, 11) is 0. The second-order valence-electron chi connectivity index (χ2n) is 9.37. The summed E-state index contributed by atoms with van der Waals surface area (Å²) in [6.45, 7) is 10.7. The van der Waals surface area contributed by atoms with Crippen LogP contribution in [0.3, 0.4) is 0 Å². The molecule has 0 saturated carbocycles. The number of hydrogen-bond donors (Lipinski definition) is 0. The molecule has 0 spiro atoms. The lowest BCUT2D eigenvalue weighted by Crippen LogP contribution is -2.47. The lowest BCUT2D eigenvalue weighted by molar-refractivity contribution is -0.403. The van der Waals surface area contributed by atoms with Crippen LogP contribution in [0.15, 0.2) is 42.7 Å². The molecule has 0 amide bonds. The minimum absolute atomic E-state index is 0.196. The quantitative estimate of drug-likeness (QED) is 0.0990. The topological polar surface area (TPSA) is 36.9 Å². The molecule has 2 atom stereocenters. The molecule has 0 N–H and O–H groups in total. The Morgan fingerprint density at radius 2 is 1.49 bits per heavy atom. The molecule has 4 nitrogen and oxygen atoms in total. The van der Waals surface area contributed by atoms with Crippen molar-refractivity contribution < 1.29 is 18.9 Å². The largest absolute Gasteiger partial charge is 0.502 e. The van der Waals surface area contributed by atoms with Crippen LogP contribution < -0.4 is 0 Å². The average Bonchev–Trinajstić information content (AvgIpc) is 3.27. The normalized spacial score (nSPS) is 16.2. The fraction of sp³-hybridized carbons (Fsp3) is 0.677. The van der Waals surface area contributed by atoms with Crippen molar-refractivity contribution in [1.82, 2.24) is 0 Å². The van der Waals surface area contributed by atoms with Crippen LogP contribution in [0.25, 0.3) is 6.08 Å². The highest BCUT2D eigenvalue weighted by atomic mass is 16.9. The number of fused-ring (bicyclic) bond motifs is 1. The first-order valence-corrected chi connectivity index (χ1v) is 14.2. The van der Waals surface area contributed by atoms with Crippen LogP contribution >= 0.6 is 0 Å². The van der Waals surface area contributed by atoms with Gasteiger partial charge in [-0.05, 0) is 63.7 Å². The van der Waals surface area contributed by atoms with Crippen molar-refractivity contribution in [3.05, 3.63) is 53.8 Å². The first-order chi connectivity index (χ1) is 17.2. The Labute approximate surface area is 215 Å². The van der Waals surface area contributed by atoms with Crippen LogP contribution in [0.1, 0.15) is 109 Å². The minimum Gasteiger partial charge on any atom is -0.502 e. The van der Waals surface area contributed by atoms with Gasteiger partial charge >= 0.3 is 0 Å². The number of unbranched alkanes of at least 4 members (excludes halogenated alkanes) is 5. The monoisotopic (exact) mass is 486 g/mol. The van der Waals surface area contributed by atoms with Crippen LogP contribution in [-0.2, 0) is 18.9 Å². The van der Waals surface area contributed by atoms with Gasteiger partial charge in [0.05, 0.1) is 12.9 Å². The van der Waals surface area contributed by atoms with Gasteiger partial charge in [0, 0.05) is 31.7 Å². The van der Waals surface area contributed by atoms with Crippen LogP contribution in [-0.4, -0.2) is 32.4 Å². The molecular weight excluding hydrogens is 436 g/mol. The van der Waals surface area contributed by atoms with E-state index in [1.54, 1.807) is 0 Å². The number of hydrogen-bond acceptors (Lipinski definition) is 4. The Kier molecular flexibility index (Phi) is 15.0. The van der Waals surface area contributed by atoms with E-state index < -0.39 is 5.97 Å². The molecule has 0 aliphatic heterocycles. The van der Waals surface area contributed by atoms with Crippen molar-refractivity contribution in [2.45, 2.75) is 104 Å². The standard InChI is InChI=1S/C31H50O4/c1-5-9-10-11-12-13-20-29(31(33-6-2,34-7-3)35-8-4)21-17-26-32-25-16-19-28-24-23-27-18-14-15-22-30(27)28/h14-16,18,22-25,28-29H,5-13,17,19-21,26H2,1-4H3. The number of rotatable bonds is 21. The summed E-state index contributed by atoms with van der Waals surface area (Å²) in [5.74, 6) is -0.294. The summed E-state index contributed by atoms with van der Waals surface area (Å²) in [5.41, 5.74) is 2.75. The van der Waals surface area contributed by atoms with Gasteiger partial charge < -0.3 is 18.9 Å². The second kappa shape index (κ2) is 17.8. The number of ether oxygens (including phenoxy) is 4. The van der Waals surface area contributed by atoms with Crippen molar-refractivity contribution in [3.63, 3.8) is 0 Å². The Hall–Kier alpha value is -1.62.